The molecular weight excluding hydrogens is 547 g/mol. The summed E-state index contributed by atoms with van der Waals surface area (Å²) in [5, 5.41) is 3.81. The van der Waals surface area contributed by atoms with Gasteiger partial charge in [0.2, 0.25) is 5.91 Å². The standard InChI is InChI=1S/C30H26F3N7O2/c1-3-27(41)39-12-10-38(11-13-39)19-4-6-22-21(14-19)29(35-16-34-22)37-23-7-9-26(18(2)28(23)31)42-20-5-8-25-24(15-20)36-17-40(25)30(32)33/h3-9,14-17,30H,1,10-13H2,2H3,(H,34,35,37). The molecule has 1 amide bonds. The molecule has 42 heavy (non-hydrogen) atoms. The number of hydrogen-bond acceptors (Lipinski definition) is 7. The second-order valence-corrected chi connectivity index (χ2v) is 9.80. The van der Waals surface area contributed by atoms with Crippen LogP contribution in [0.1, 0.15) is 12.1 Å². The van der Waals surface area contributed by atoms with Crippen LogP contribution in [0.5, 0.6) is 11.5 Å². The molecule has 2 aromatic heterocycles. The number of imidazole rings is 1. The molecule has 1 saturated heterocycles. The van der Waals surface area contributed by atoms with Gasteiger partial charge in [0.1, 0.15) is 30.0 Å². The fourth-order valence-corrected chi connectivity index (χ4v) is 5.01. The number of anilines is 3. The molecule has 12 heteroatoms. The Labute approximate surface area is 238 Å². The van der Waals surface area contributed by atoms with Gasteiger partial charge in [0, 0.05) is 48.9 Å². The first-order chi connectivity index (χ1) is 20.3. The van der Waals surface area contributed by atoms with Gasteiger partial charge in [-0.2, -0.15) is 8.78 Å². The normalized spacial score (nSPS) is 13.6. The van der Waals surface area contributed by atoms with E-state index in [9.17, 15) is 13.6 Å². The fourth-order valence-electron chi connectivity index (χ4n) is 5.01. The van der Waals surface area contributed by atoms with Crippen LogP contribution in [0.4, 0.5) is 30.4 Å². The van der Waals surface area contributed by atoms with Gasteiger partial charge >= 0.3 is 6.55 Å². The van der Waals surface area contributed by atoms with Crippen molar-refractivity contribution in [3.8, 4) is 11.5 Å². The monoisotopic (exact) mass is 573 g/mol. The summed E-state index contributed by atoms with van der Waals surface area (Å²) in [7, 11) is 0. The van der Waals surface area contributed by atoms with Crippen LogP contribution in [-0.2, 0) is 4.79 Å². The number of carbonyl (C=O) groups is 1. The predicted octanol–water partition coefficient (Wildman–Crippen LogP) is 6.19. The molecule has 0 atom stereocenters. The van der Waals surface area contributed by atoms with E-state index < -0.39 is 12.4 Å². The van der Waals surface area contributed by atoms with E-state index in [1.54, 1.807) is 24.0 Å². The third-order valence-electron chi connectivity index (χ3n) is 7.32. The molecular formula is C30H26F3N7O2. The van der Waals surface area contributed by atoms with Gasteiger partial charge < -0.3 is 19.9 Å². The SMILES string of the molecule is C=CC(=O)N1CCN(c2ccc3ncnc(Nc4ccc(Oc5ccc6c(c5)ncn6C(F)F)c(C)c4F)c3c2)CC1. The minimum Gasteiger partial charge on any atom is -0.457 e. The molecule has 0 bridgehead atoms. The summed E-state index contributed by atoms with van der Waals surface area (Å²) in [4.78, 5) is 28.6. The van der Waals surface area contributed by atoms with Crippen LogP contribution < -0.4 is 15.0 Å². The Kier molecular flexibility index (Phi) is 7.11. The van der Waals surface area contributed by atoms with Crippen LogP contribution in [0.25, 0.3) is 21.9 Å². The number of piperazine rings is 1. The van der Waals surface area contributed by atoms with Crippen LogP contribution in [0.3, 0.4) is 0 Å². The number of rotatable bonds is 7. The van der Waals surface area contributed by atoms with E-state index in [-0.39, 0.29) is 28.4 Å². The van der Waals surface area contributed by atoms with Crippen LogP contribution >= 0.6 is 0 Å². The van der Waals surface area contributed by atoms with Gasteiger partial charge in [0.25, 0.3) is 0 Å². The molecule has 1 aliphatic rings. The van der Waals surface area contributed by atoms with Crippen LogP contribution in [0.15, 0.2) is 73.8 Å². The van der Waals surface area contributed by atoms with Gasteiger partial charge in [0.05, 0.1) is 22.2 Å². The zero-order valence-electron chi connectivity index (χ0n) is 22.6. The molecule has 214 valence electrons. The Morgan fingerprint density at radius 2 is 1.83 bits per heavy atom. The van der Waals surface area contributed by atoms with Crippen molar-refractivity contribution in [1.29, 1.82) is 0 Å². The van der Waals surface area contributed by atoms with E-state index in [0.29, 0.717) is 54.2 Å². The summed E-state index contributed by atoms with van der Waals surface area (Å²) in [6.07, 6.45) is 3.81. The maximum absolute atomic E-state index is 15.6. The number of hydrogen-bond donors (Lipinski definition) is 1. The number of nitrogens with one attached hydrogen (secondary N) is 1. The Bertz CT molecular complexity index is 1820. The van der Waals surface area contributed by atoms with E-state index in [2.05, 4.69) is 31.7 Å². The second kappa shape index (κ2) is 11.0. The lowest BCUT2D eigenvalue weighted by Gasteiger charge is -2.35. The quantitative estimate of drug-likeness (QED) is 0.232. The largest absolute Gasteiger partial charge is 0.457 e. The summed E-state index contributed by atoms with van der Waals surface area (Å²) in [6, 6.07) is 13.5. The first-order valence-electron chi connectivity index (χ1n) is 13.2. The smallest absolute Gasteiger partial charge is 0.320 e. The number of ether oxygens (including phenoxy) is 1. The van der Waals surface area contributed by atoms with Crippen molar-refractivity contribution in [3.63, 3.8) is 0 Å². The average Bonchev–Trinajstić information content (AvgIpc) is 3.44. The summed E-state index contributed by atoms with van der Waals surface area (Å²) >= 11 is 0. The van der Waals surface area contributed by atoms with Gasteiger partial charge in [-0.25, -0.2) is 19.3 Å². The van der Waals surface area contributed by atoms with Crippen LogP contribution in [0, 0.1) is 12.7 Å². The Morgan fingerprint density at radius 1 is 1.02 bits per heavy atom. The number of benzene rings is 3. The van der Waals surface area contributed by atoms with Crippen LogP contribution in [-0.4, -0.2) is 56.5 Å². The molecule has 3 heterocycles. The van der Waals surface area contributed by atoms with E-state index >= 15 is 4.39 Å². The highest BCUT2D eigenvalue weighted by Crippen LogP contribution is 2.34. The van der Waals surface area contributed by atoms with E-state index in [1.165, 1.54) is 30.6 Å². The molecule has 0 spiro atoms. The first kappa shape index (κ1) is 27.1. The zero-order valence-corrected chi connectivity index (χ0v) is 22.6. The summed E-state index contributed by atoms with van der Waals surface area (Å²) in [5.74, 6) is 0.448. The second-order valence-electron chi connectivity index (χ2n) is 9.80. The number of aromatic nitrogens is 4. The van der Waals surface area contributed by atoms with E-state index in [4.69, 9.17) is 4.74 Å². The van der Waals surface area contributed by atoms with E-state index in [1.807, 2.05) is 18.2 Å². The first-order valence-corrected chi connectivity index (χ1v) is 13.2. The molecule has 5 aromatic rings. The fraction of sp³-hybridized carbons (Fsp3) is 0.200. The highest BCUT2D eigenvalue weighted by atomic mass is 19.3. The van der Waals surface area contributed by atoms with Crippen molar-refractivity contribution in [2.24, 2.45) is 0 Å². The van der Waals surface area contributed by atoms with Gasteiger partial charge in [-0.3, -0.25) is 9.36 Å². The van der Waals surface area contributed by atoms with Gasteiger partial charge in [-0.15, -0.1) is 0 Å². The summed E-state index contributed by atoms with van der Waals surface area (Å²) in [5.41, 5.74) is 2.70. The Hall–Kier alpha value is -5.13. The number of nitrogens with zero attached hydrogens (tertiary/aromatic N) is 6. The summed E-state index contributed by atoms with van der Waals surface area (Å²) in [6.45, 7) is 4.95. The molecule has 1 aliphatic heterocycles. The highest BCUT2D eigenvalue weighted by Gasteiger charge is 2.21. The van der Waals surface area contributed by atoms with Crippen molar-refractivity contribution in [2.75, 3.05) is 36.4 Å². The third-order valence-corrected chi connectivity index (χ3v) is 7.32. The molecule has 0 radical (unpaired) electrons. The van der Waals surface area contributed by atoms with Gasteiger partial charge in [-0.1, -0.05) is 6.58 Å². The van der Waals surface area contributed by atoms with Crippen molar-refractivity contribution in [3.05, 3.63) is 85.2 Å². The molecule has 0 unspecified atom stereocenters. The highest BCUT2D eigenvalue weighted by molar-refractivity contribution is 5.93. The molecule has 0 saturated carbocycles. The number of amides is 1. The maximum Gasteiger partial charge on any atom is 0.320 e. The number of fused-ring (bicyclic) bond motifs is 2. The molecule has 1 N–H and O–H groups in total. The predicted molar refractivity (Wildman–Crippen MR) is 154 cm³/mol. The minimum atomic E-state index is -2.71. The van der Waals surface area contributed by atoms with Crippen LogP contribution in [0.2, 0.25) is 0 Å². The van der Waals surface area contributed by atoms with Crippen molar-refractivity contribution in [1.82, 2.24) is 24.4 Å². The molecule has 0 aliphatic carbocycles. The summed E-state index contributed by atoms with van der Waals surface area (Å²) < 4.78 is 48.5. The number of alkyl halides is 2. The topological polar surface area (TPSA) is 88.4 Å². The van der Waals surface area contributed by atoms with Crippen molar-refractivity contribution in [2.45, 2.75) is 13.5 Å². The van der Waals surface area contributed by atoms with Gasteiger partial charge in [0.15, 0.2) is 5.82 Å². The molecule has 9 nitrogen and oxygen atoms in total. The minimum absolute atomic E-state index is 0.0792. The van der Waals surface area contributed by atoms with E-state index in [0.717, 1.165) is 16.6 Å². The lowest BCUT2D eigenvalue weighted by Crippen LogP contribution is -2.48. The Balaban J connectivity index is 1.23. The average molecular weight is 574 g/mol. The Morgan fingerprint density at radius 3 is 2.60 bits per heavy atom. The number of carbonyl (C=O) groups excluding carboxylic acids is 1. The zero-order chi connectivity index (χ0) is 29.4. The molecule has 1 fully saturated rings. The lowest BCUT2D eigenvalue weighted by atomic mass is 10.1. The number of halogens is 3. The van der Waals surface area contributed by atoms with Gasteiger partial charge in [-0.05, 0) is 55.5 Å². The lowest BCUT2D eigenvalue weighted by molar-refractivity contribution is -0.126. The van der Waals surface area contributed by atoms with Crippen molar-refractivity contribution >= 4 is 45.0 Å². The third kappa shape index (κ3) is 5.06. The molecule has 3 aromatic carbocycles. The molecule has 6 rings (SSSR count). The maximum atomic E-state index is 15.6. The van der Waals surface area contributed by atoms with Crippen molar-refractivity contribution < 1.29 is 22.7 Å².